The summed E-state index contributed by atoms with van der Waals surface area (Å²) >= 11 is 1.71. The number of hydrogen-bond donors (Lipinski definition) is 2. The Hall–Kier alpha value is -4.24. The number of hydrogen-bond acceptors (Lipinski definition) is 7. The maximum absolute atomic E-state index is 9.37. The lowest BCUT2D eigenvalue weighted by atomic mass is 9.97. The summed E-state index contributed by atoms with van der Waals surface area (Å²) in [6.45, 7) is 1.75. The van der Waals surface area contributed by atoms with Crippen molar-refractivity contribution in [3.05, 3.63) is 88.7 Å². The summed E-state index contributed by atoms with van der Waals surface area (Å²) in [6.07, 6.45) is 7.28. The van der Waals surface area contributed by atoms with Gasteiger partial charge in [-0.3, -0.25) is 14.7 Å². The van der Waals surface area contributed by atoms with E-state index in [9.17, 15) is 5.26 Å². The molecular formula is C27H23N7S. The summed E-state index contributed by atoms with van der Waals surface area (Å²) in [5.41, 5.74) is 10.7. The van der Waals surface area contributed by atoms with Crippen molar-refractivity contribution < 1.29 is 0 Å². The van der Waals surface area contributed by atoms with E-state index < -0.39 is 0 Å². The maximum atomic E-state index is 9.37. The van der Waals surface area contributed by atoms with E-state index in [0.717, 1.165) is 47.7 Å². The van der Waals surface area contributed by atoms with Gasteiger partial charge in [0, 0.05) is 40.5 Å². The van der Waals surface area contributed by atoms with E-state index in [0.29, 0.717) is 16.7 Å². The number of thiophene rings is 1. The molecule has 3 aromatic heterocycles. The molecule has 0 amide bonds. The van der Waals surface area contributed by atoms with Crippen LogP contribution in [-0.4, -0.2) is 32.6 Å². The molecule has 1 fully saturated rings. The molecular weight excluding hydrogens is 454 g/mol. The molecule has 0 unspecified atom stereocenters. The quantitative estimate of drug-likeness (QED) is 0.387. The second kappa shape index (κ2) is 9.55. The van der Waals surface area contributed by atoms with Gasteiger partial charge in [0.2, 0.25) is 0 Å². The summed E-state index contributed by atoms with van der Waals surface area (Å²) in [6, 6.07) is 19.5. The maximum Gasteiger partial charge on any atom is 0.137 e. The average Bonchev–Trinajstić information content (AvgIpc) is 3.64. The minimum Gasteiger partial charge on any atom is -0.404 e. The standard InChI is InChI=1S/C27H23N7S/c28-12-18-3-5-19(6-4-18)27(31)23(14-30)20-7-10-26-32-15-24(34(26)16-20)25-9-8-22(35-25)17-33-11-1-2-21(33)13-29/h3-10,14-16,21,31H,1-2,11,17,30H2/b23-14-,31-27?/t21-/m0/s1. The van der Waals surface area contributed by atoms with Crippen LogP contribution in [0.3, 0.4) is 0 Å². The molecule has 8 heteroatoms. The Morgan fingerprint density at radius 3 is 2.69 bits per heavy atom. The average molecular weight is 478 g/mol. The molecule has 4 heterocycles. The highest BCUT2D eigenvalue weighted by atomic mass is 32.1. The first-order valence-corrected chi connectivity index (χ1v) is 12.1. The molecule has 0 saturated carbocycles. The van der Waals surface area contributed by atoms with Crippen LogP contribution in [-0.2, 0) is 6.54 Å². The van der Waals surface area contributed by atoms with Gasteiger partial charge in [-0.25, -0.2) is 4.98 Å². The molecule has 1 aliphatic heterocycles. The van der Waals surface area contributed by atoms with Crippen molar-refractivity contribution in [2.24, 2.45) is 5.73 Å². The van der Waals surface area contributed by atoms with Crippen molar-refractivity contribution in [1.29, 1.82) is 15.9 Å². The number of benzene rings is 1. The van der Waals surface area contributed by atoms with Crippen LogP contribution in [0.4, 0.5) is 0 Å². The number of nitriles is 2. The number of allylic oxidation sites excluding steroid dienone is 1. The van der Waals surface area contributed by atoms with Gasteiger partial charge in [-0.15, -0.1) is 11.3 Å². The summed E-state index contributed by atoms with van der Waals surface area (Å²) in [7, 11) is 0. The highest BCUT2D eigenvalue weighted by Crippen LogP contribution is 2.32. The van der Waals surface area contributed by atoms with Crippen LogP contribution in [0.1, 0.15) is 34.4 Å². The van der Waals surface area contributed by atoms with Crippen molar-refractivity contribution in [2.45, 2.75) is 25.4 Å². The van der Waals surface area contributed by atoms with Crippen LogP contribution in [0.2, 0.25) is 0 Å². The molecule has 4 aromatic rings. The van der Waals surface area contributed by atoms with Crippen LogP contribution in [0.25, 0.3) is 21.8 Å². The van der Waals surface area contributed by atoms with Gasteiger partial charge >= 0.3 is 0 Å². The van der Waals surface area contributed by atoms with Gasteiger partial charge < -0.3 is 5.73 Å². The first-order chi connectivity index (χ1) is 17.1. The van der Waals surface area contributed by atoms with Gasteiger partial charge in [0.1, 0.15) is 5.65 Å². The first-order valence-electron chi connectivity index (χ1n) is 11.3. The van der Waals surface area contributed by atoms with Crippen molar-refractivity contribution >= 4 is 28.3 Å². The SMILES string of the molecule is N#Cc1ccc(C(=N)/C(=C\N)c2ccc3ncc(-c4ccc(CN5CCC[C@H]5C#N)s4)n3c2)cc1. The molecule has 0 bridgehead atoms. The van der Waals surface area contributed by atoms with Crippen LogP contribution in [0, 0.1) is 28.1 Å². The molecule has 7 nitrogen and oxygen atoms in total. The van der Waals surface area contributed by atoms with Gasteiger partial charge in [0.05, 0.1) is 46.2 Å². The topological polar surface area (TPSA) is 118 Å². The predicted molar refractivity (Wildman–Crippen MR) is 138 cm³/mol. The number of imidazole rings is 1. The van der Waals surface area contributed by atoms with E-state index in [1.165, 1.54) is 11.1 Å². The Balaban J connectivity index is 1.44. The molecule has 1 aromatic carbocycles. The number of nitrogens with zero attached hydrogens (tertiary/aromatic N) is 5. The molecule has 172 valence electrons. The Labute approximate surface area is 207 Å². The van der Waals surface area contributed by atoms with Gasteiger partial charge in [0.25, 0.3) is 0 Å². The smallest absolute Gasteiger partial charge is 0.137 e. The second-order valence-corrected chi connectivity index (χ2v) is 9.63. The summed E-state index contributed by atoms with van der Waals surface area (Å²) < 4.78 is 2.02. The molecule has 0 spiro atoms. The minimum absolute atomic E-state index is 0.00630. The molecule has 35 heavy (non-hydrogen) atoms. The minimum atomic E-state index is 0.00630. The zero-order valence-corrected chi connectivity index (χ0v) is 19.8. The molecule has 1 atom stereocenters. The number of nitrogens with one attached hydrogen (secondary N) is 1. The van der Waals surface area contributed by atoms with E-state index >= 15 is 0 Å². The van der Waals surface area contributed by atoms with Crippen LogP contribution >= 0.6 is 11.3 Å². The molecule has 5 rings (SSSR count). The fraction of sp³-hybridized carbons (Fsp3) is 0.185. The lowest BCUT2D eigenvalue weighted by Gasteiger charge is -2.17. The third-order valence-corrected chi connectivity index (χ3v) is 7.43. The van der Waals surface area contributed by atoms with Crippen molar-refractivity contribution in [3.63, 3.8) is 0 Å². The number of likely N-dealkylation sites (tertiary alicyclic amines) is 1. The Bertz CT molecular complexity index is 1510. The zero-order chi connectivity index (χ0) is 24.4. The highest BCUT2D eigenvalue weighted by Gasteiger charge is 2.24. The largest absolute Gasteiger partial charge is 0.404 e. The summed E-state index contributed by atoms with van der Waals surface area (Å²) in [4.78, 5) is 9.12. The number of aromatic nitrogens is 2. The molecule has 1 aliphatic rings. The van der Waals surface area contributed by atoms with Crippen LogP contribution in [0.5, 0.6) is 0 Å². The first kappa shape index (κ1) is 22.5. The summed E-state index contributed by atoms with van der Waals surface area (Å²) in [5, 5.41) is 27.1. The molecule has 0 radical (unpaired) electrons. The fourth-order valence-electron chi connectivity index (χ4n) is 4.48. The third kappa shape index (κ3) is 4.33. The van der Waals surface area contributed by atoms with Gasteiger partial charge in [-0.05, 0) is 55.8 Å². The predicted octanol–water partition coefficient (Wildman–Crippen LogP) is 4.79. The summed E-state index contributed by atoms with van der Waals surface area (Å²) in [5.74, 6) is 0. The zero-order valence-electron chi connectivity index (χ0n) is 19.0. The normalized spacial score (nSPS) is 16.3. The number of rotatable bonds is 6. The Morgan fingerprint density at radius 2 is 1.94 bits per heavy atom. The van der Waals surface area contributed by atoms with Crippen molar-refractivity contribution in [1.82, 2.24) is 14.3 Å². The number of fused-ring (bicyclic) bond motifs is 1. The van der Waals surface area contributed by atoms with E-state index in [2.05, 4.69) is 34.2 Å². The monoisotopic (exact) mass is 477 g/mol. The second-order valence-electron chi connectivity index (χ2n) is 8.46. The fourth-order valence-corrected chi connectivity index (χ4v) is 5.52. The van der Waals surface area contributed by atoms with Gasteiger partial charge in [-0.1, -0.05) is 12.1 Å². The van der Waals surface area contributed by atoms with Gasteiger partial charge in [-0.2, -0.15) is 10.5 Å². The van der Waals surface area contributed by atoms with Crippen LogP contribution in [0.15, 0.2) is 67.1 Å². The van der Waals surface area contributed by atoms with Crippen molar-refractivity contribution in [2.75, 3.05) is 6.54 Å². The van der Waals surface area contributed by atoms with Gasteiger partial charge in [0.15, 0.2) is 0 Å². The number of nitrogens with two attached hydrogens (primary N) is 1. The lowest BCUT2D eigenvalue weighted by molar-refractivity contribution is 0.289. The van der Waals surface area contributed by atoms with Crippen molar-refractivity contribution in [3.8, 4) is 22.7 Å². The van der Waals surface area contributed by atoms with E-state index in [1.54, 1.807) is 35.6 Å². The molecule has 3 N–H and O–H groups in total. The highest BCUT2D eigenvalue weighted by molar-refractivity contribution is 7.15. The number of pyridine rings is 1. The Kier molecular flexibility index (Phi) is 6.15. The Morgan fingerprint density at radius 1 is 1.14 bits per heavy atom. The molecule has 1 saturated heterocycles. The van der Waals surface area contributed by atoms with Crippen LogP contribution < -0.4 is 5.73 Å². The van der Waals surface area contributed by atoms with E-state index in [1.807, 2.05) is 28.9 Å². The van der Waals surface area contributed by atoms with E-state index in [4.69, 9.17) is 16.4 Å². The van der Waals surface area contributed by atoms with E-state index in [-0.39, 0.29) is 11.8 Å². The molecule has 0 aliphatic carbocycles. The third-order valence-electron chi connectivity index (χ3n) is 6.34. The lowest BCUT2D eigenvalue weighted by Crippen LogP contribution is -2.26.